The van der Waals surface area contributed by atoms with Crippen LogP contribution in [-0.4, -0.2) is 36.0 Å². The molecular weight excluding hydrogens is 328 g/mol. The Morgan fingerprint density at radius 1 is 1.12 bits per heavy atom. The van der Waals surface area contributed by atoms with E-state index >= 15 is 0 Å². The molecule has 0 saturated heterocycles. The summed E-state index contributed by atoms with van der Waals surface area (Å²) in [4.78, 5) is 18.4. The summed E-state index contributed by atoms with van der Waals surface area (Å²) < 4.78 is 11.1. The average Bonchev–Trinajstić information content (AvgIpc) is 3.12. The summed E-state index contributed by atoms with van der Waals surface area (Å²) in [6.07, 6.45) is 1.74. The molecule has 1 aromatic heterocycles. The zero-order valence-corrected chi connectivity index (χ0v) is 15.0. The Kier molecular flexibility index (Phi) is 5.69. The van der Waals surface area contributed by atoms with Crippen LogP contribution in [0.3, 0.4) is 0 Å². The van der Waals surface area contributed by atoms with E-state index in [1.807, 2.05) is 61.5 Å². The molecular formula is C21H22N2O3. The van der Waals surface area contributed by atoms with Crippen LogP contribution >= 0.6 is 0 Å². The van der Waals surface area contributed by atoms with E-state index in [0.29, 0.717) is 24.7 Å². The number of aryl methyl sites for hydroxylation is 1. The molecule has 26 heavy (non-hydrogen) atoms. The molecule has 5 heteroatoms. The number of hydrogen-bond donors (Lipinski definition) is 0. The van der Waals surface area contributed by atoms with Crippen LogP contribution in [0.4, 0.5) is 0 Å². The zero-order chi connectivity index (χ0) is 18.4. The predicted molar refractivity (Wildman–Crippen MR) is 100.0 cm³/mol. The molecule has 0 N–H and O–H groups in total. The van der Waals surface area contributed by atoms with E-state index in [1.54, 1.807) is 11.9 Å². The quantitative estimate of drug-likeness (QED) is 0.651. The second-order valence-corrected chi connectivity index (χ2v) is 6.16. The van der Waals surface area contributed by atoms with E-state index in [1.165, 1.54) is 11.8 Å². The normalized spacial score (nSPS) is 10.5. The first-order chi connectivity index (χ1) is 12.6. The molecule has 1 amide bonds. The van der Waals surface area contributed by atoms with Crippen LogP contribution in [0.1, 0.15) is 11.3 Å². The summed E-state index contributed by atoms with van der Waals surface area (Å²) >= 11 is 0. The maximum atomic E-state index is 12.3. The van der Waals surface area contributed by atoms with Gasteiger partial charge in [0.2, 0.25) is 11.8 Å². The van der Waals surface area contributed by atoms with Gasteiger partial charge in [0, 0.05) is 12.6 Å². The maximum Gasteiger partial charge on any atom is 0.228 e. The number of aromatic nitrogens is 1. The topological polar surface area (TPSA) is 55.6 Å². The van der Waals surface area contributed by atoms with Crippen LogP contribution in [0.2, 0.25) is 0 Å². The van der Waals surface area contributed by atoms with Crippen molar-refractivity contribution in [1.29, 1.82) is 0 Å². The Morgan fingerprint density at radius 2 is 1.85 bits per heavy atom. The molecule has 0 bridgehead atoms. The second kappa shape index (κ2) is 8.34. The van der Waals surface area contributed by atoms with Crippen molar-refractivity contribution in [3.05, 3.63) is 72.1 Å². The van der Waals surface area contributed by atoms with Gasteiger partial charge in [-0.3, -0.25) is 4.79 Å². The number of ether oxygens (including phenoxy) is 1. The van der Waals surface area contributed by atoms with E-state index < -0.39 is 0 Å². The Morgan fingerprint density at radius 3 is 2.58 bits per heavy atom. The number of rotatable bonds is 7. The Balaban J connectivity index is 1.48. The number of nitrogens with zero attached hydrogens (tertiary/aromatic N) is 2. The van der Waals surface area contributed by atoms with E-state index in [2.05, 4.69) is 4.98 Å². The molecule has 3 aromatic rings. The molecule has 5 nitrogen and oxygen atoms in total. The number of likely N-dealkylation sites (N-methyl/N-ethyl adjacent to an activating group) is 1. The van der Waals surface area contributed by atoms with Gasteiger partial charge in [0.05, 0.1) is 18.7 Å². The molecule has 134 valence electrons. The molecule has 3 rings (SSSR count). The van der Waals surface area contributed by atoms with Crippen molar-refractivity contribution in [2.45, 2.75) is 13.3 Å². The Hall–Kier alpha value is -3.08. The standard InChI is InChI=1S/C21H22N2O3/c1-16-8-10-19(11-9-16)25-13-12-23(2)20(24)14-18-15-26-21(22-18)17-6-4-3-5-7-17/h3-11,15H,12-14H2,1-2H3. The van der Waals surface area contributed by atoms with Crippen molar-refractivity contribution in [3.8, 4) is 17.2 Å². The fourth-order valence-electron chi connectivity index (χ4n) is 2.45. The number of carbonyl (C=O) groups is 1. The van der Waals surface area contributed by atoms with Crippen LogP contribution in [-0.2, 0) is 11.2 Å². The summed E-state index contributed by atoms with van der Waals surface area (Å²) in [5.41, 5.74) is 2.71. The van der Waals surface area contributed by atoms with Gasteiger partial charge < -0.3 is 14.1 Å². The number of hydrogen-bond acceptors (Lipinski definition) is 4. The summed E-state index contributed by atoms with van der Waals surface area (Å²) in [6, 6.07) is 17.5. The highest BCUT2D eigenvalue weighted by Crippen LogP contribution is 2.18. The van der Waals surface area contributed by atoms with Crippen LogP contribution in [0.5, 0.6) is 5.75 Å². The summed E-state index contributed by atoms with van der Waals surface area (Å²) in [5.74, 6) is 1.31. The van der Waals surface area contributed by atoms with Gasteiger partial charge in [-0.2, -0.15) is 0 Å². The fraction of sp³-hybridized carbons (Fsp3) is 0.238. The molecule has 0 radical (unpaired) electrons. The summed E-state index contributed by atoms with van der Waals surface area (Å²) in [7, 11) is 1.76. The van der Waals surface area contributed by atoms with Crippen molar-refractivity contribution in [2.24, 2.45) is 0 Å². The van der Waals surface area contributed by atoms with Crippen LogP contribution in [0, 0.1) is 6.92 Å². The maximum absolute atomic E-state index is 12.3. The minimum absolute atomic E-state index is 0.0228. The third-order valence-corrected chi connectivity index (χ3v) is 4.05. The molecule has 0 unspecified atom stereocenters. The van der Waals surface area contributed by atoms with Crippen molar-refractivity contribution >= 4 is 5.91 Å². The van der Waals surface area contributed by atoms with Gasteiger partial charge in [0.15, 0.2) is 0 Å². The number of carbonyl (C=O) groups excluding carboxylic acids is 1. The highest BCUT2D eigenvalue weighted by molar-refractivity contribution is 5.78. The molecule has 2 aromatic carbocycles. The molecule has 0 atom stereocenters. The highest BCUT2D eigenvalue weighted by atomic mass is 16.5. The van der Waals surface area contributed by atoms with Gasteiger partial charge in [0.25, 0.3) is 0 Å². The third kappa shape index (κ3) is 4.72. The molecule has 0 spiro atoms. The van der Waals surface area contributed by atoms with Crippen LogP contribution < -0.4 is 4.74 Å². The van der Waals surface area contributed by atoms with Crippen LogP contribution in [0.15, 0.2) is 65.3 Å². The summed E-state index contributed by atoms with van der Waals surface area (Å²) in [6.45, 7) is 2.98. The minimum atomic E-state index is -0.0228. The minimum Gasteiger partial charge on any atom is -0.492 e. The molecule has 0 aliphatic rings. The number of benzene rings is 2. The smallest absolute Gasteiger partial charge is 0.228 e. The Bertz CT molecular complexity index is 841. The van der Waals surface area contributed by atoms with E-state index in [9.17, 15) is 4.79 Å². The van der Waals surface area contributed by atoms with E-state index in [0.717, 1.165) is 11.3 Å². The van der Waals surface area contributed by atoms with Gasteiger partial charge in [-0.1, -0.05) is 35.9 Å². The lowest BCUT2D eigenvalue weighted by Crippen LogP contribution is -2.32. The van der Waals surface area contributed by atoms with Gasteiger partial charge in [-0.05, 0) is 31.2 Å². The molecule has 0 fully saturated rings. The third-order valence-electron chi connectivity index (χ3n) is 4.05. The van der Waals surface area contributed by atoms with Gasteiger partial charge in [-0.25, -0.2) is 4.98 Å². The molecule has 0 saturated carbocycles. The van der Waals surface area contributed by atoms with E-state index in [4.69, 9.17) is 9.15 Å². The largest absolute Gasteiger partial charge is 0.492 e. The fourth-order valence-corrected chi connectivity index (χ4v) is 2.45. The number of amides is 1. The van der Waals surface area contributed by atoms with Gasteiger partial charge in [-0.15, -0.1) is 0 Å². The average molecular weight is 350 g/mol. The van der Waals surface area contributed by atoms with E-state index in [-0.39, 0.29) is 12.3 Å². The Labute approximate surface area is 153 Å². The first kappa shape index (κ1) is 17.7. The molecule has 0 aliphatic heterocycles. The monoisotopic (exact) mass is 350 g/mol. The van der Waals surface area contributed by atoms with Crippen molar-refractivity contribution < 1.29 is 13.9 Å². The lowest BCUT2D eigenvalue weighted by atomic mass is 10.2. The van der Waals surface area contributed by atoms with Gasteiger partial charge >= 0.3 is 0 Å². The van der Waals surface area contributed by atoms with Crippen molar-refractivity contribution in [2.75, 3.05) is 20.2 Å². The van der Waals surface area contributed by atoms with Gasteiger partial charge in [0.1, 0.15) is 18.6 Å². The number of oxazole rings is 1. The van der Waals surface area contributed by atoms with Crippen LogP contribution in [0.25, 0.3) is 11.5 Å². The SMILES string of the molecule is Cc1ccc(OCCN(C)C(=O)Cc2coc(-c3ccccc3)n2)cc1. The predicted octanol–water partition coefficient (Wildman–Crippen LogP) is 3.73. The zero-order valence-electron chi connectivity index (χ0n) is 15.0. The lowest BCUT2D eigenvalue weighted by molar-refractivity contribution is -0.129. The highest BCUT2D eigenvalue weighted by Gasteiger charge is 2.14. The second-order valence-electron chi connectivity index (χ2n) is 6.16. The van der Waals surface area contributed by atoms with Crippen molar-refractivity contribution in [3.63, 3.8) is 0 Å². The summed E-state index contributed by atoms with van der Waals surface area (Å²) in [5, 5.41) is 0. The molecule has 0 aliphatic carbocycles. The van der Waals surface area contributed by atoms with Crippen molar-refractivity contribution in [1.82, 2.24) is 9.88 Å². The first-order valence-corrected chi connectivity index (χ1v) is 8.55. The lowest BCUT2D eigenvalue weighted by Gasteiger charge is -2.17. The molecule has 1 heterocycles. The first-order valence-electron chi connectivity index (χ1n) is 8.55.